The molecular weight excluding hydrogens is 188 g/mol. The third-order valence-corrected chi connectivity index (χ3v) is 2.54. The zero-order valence-corrected chi connectivity index (χ0v) is 8.91. The van der Waals surface area contributed by atoms with Gasteiger partial charge in [0.05, 0.1) is 0 Å². The molecule has 1 aromatic rings. The van der Waals surface area contributed by atoms with Crippen molar-refractivity contribution in [1.82, 2.24) is 5.32 Å². The van der Waals surface area contributed by atoms with E-state index in [-0.39, 0.29) is 0 Å². The molecule has 82 valence electrons. The molecule has 1 saturated carbocycles. The Morgan fingerprint density at radius 2 is 2.00 bits per heavy atom. The second kappa shape index (κ2) is 5.14. The molecule has 1 aliphatic carbocycles. The summed E-state index contributed by atoms with van der Waals surface area (Å²) in [5.74, 6) is 0.921. The van der Waals surface area contributed by atoms with E-state index < -0.39 is 0 Å². The van der Waals surface area contributed by atoms with Crippen LogP contribution in [0, 0.1) is 0 Å². The second-order valence-electron chi connectivity index (χ2n) is 3.92. The van der Waals surface area contributed by atoms with Crippen molar-refractivity contribution in [2.45, 2.75) is 25.4 Å². The number of nitrogens with two attached hydrogens (primary N) is 1. The Hall–Kier alpha value is -1.06. The molecule has 0 spiro atoms. The minimum Gasteiger partial charge on any atom is -0.492 e. The van der Waals surface area contributed by atoms with E-state index in [9.17, 15) is 0 Å². The lowest BCUT2D eigenvalue weighted by Crippen LogP contribution is -2.22. The molecule has 3 heteroatoms. The summed E-state index contributed by atoms with van der Waals surface area (Å²) in [6.45, 7) is 2.26. The zero-order chi connectivity index (χ0) is 10.5. The van der Waals surface area contributed by atoms with Crippen LogP contribution >= 0.6 is 0 Å². The highest BCUT2D eigenvalue weighted by atomic mass is 16.5. The number of benzene rings is 1. The van der Waals surface area contributed by atoms with Crippen LogP contribution in [0.5, 0.6) is 5.75 Å². The third kappa shape index (κ3) is 3.53. The summed E-state index contributed by atoms with van der Waals surface area (Å²) in [7, 11) is 0. The van der Waals surface area contributed by atoms with Crippen LogP contribution in [0.2, 0.25) is 0 Å². The molecule has 0 aromatic heterocycles. The summed E-state index contributed by atoms with van der Waals surface area (Å²) in [6, 6.07) is 8.71. The number of hydrogen-bond donors (Lipinski definition) is 2. The SMILES string of the molecule is NCc1ccc(OCCNC2CC2)cc1. The Kier molecular flexibility index (Phi) is 3.59. The summed E-state index contributed by atoms with van der Waals surface area (Å²) >= 11 is 0. The molecular formula is C12H18N2O. The molecule has 1 fully saturated rings. The molecule has 1 aromatic carbocycles. The van der Waals surface area contributed by atoms with E-state index in [0.29, 0.717) is 6.54 Å². The maximum absolute atomic E-state index is 5.58. The first-order valence-electron chi connectivity index (χ1n) is 5.53. The summed E-state index contributed by atoms with van der Waals surface area (Å²) in [4.78, 5) is 0. The van der Waals surface area contributed by atoms with Crippen LogP contribution in [0.1, 0.15) is 18.4 Å². The first-order chi connectivity index (χ1) is 7.38. The van der Waals surface area contributed by atoms with Crippen LogP contribution < -0.4 is 15.8 Å². The van der Waals surface area contributed by atoms with Gasteiger partial charge in [0.2, 0.25) is 0 Å². The van der Waals surface area contributed by atoms with Crippen molar-refractivity contribution < 1.29 is 4.74 Å². The van der Waals surface area contributed by atoms with Gasteiger partial charge in [-0.25, -0.2) is 0 Å². The van der Waals surface area contributed by atoms with Gasteiger partial charge in [-0.2, -0.15) is 0 Å². The van der Waals surface area contributed by atoms with Gasteiger partial charge < -0.3 is 15.8 Å². The van der Waals surface area contributed by atoms with Crippen LogP contribution in [0.25, 0.3) is 0 Å². The van der Waals surface area contributed by atoms with Gasteiger partial charge >= 0.3 is 0 Å². The quantitative estimate of drug-likeness (QED) is 0.689. The van der Waals surface area contributed by atoms with Crippen molar-refractivity contribution in [2.75, 3.05) is 13.2 Å². The minimum atomic E-state index is 0.587. The van der Waals surface area contributed by atoms with Crippen molar-refractivity contribution in [2.24, 2.45) is 5.73 Å². The lowest BCUT2D eigenvalue weighted by Gasteiger charge is -2.07. The number of nitrogens with one attached hydrogen (secondary N) is 1. The van der Waals surface area contributed by atoms with Gasteiger partial charge in [-0.05, 0) is 30.5 Å². The van der Waals surface area contributed by atoms with E-state index in [2.05, 4.69) is 5.32 Å². The van der Waals surface area contributed by atoms with E-state index >= 15 is 0 Å². The molecule has 2 rings (SSSR count). The van der Waals surface area contributed by atoms with Gasteiger partial charge in [-0.1, -0.05) is 12.1 Å². The van der Waals surface area contributed by atoms with Crippen molar-refractivity contribution in [1.29, 1.82) is 0 Å². The summed E-state index contributed by atoms with van der Waals surface area (Å²) in [5, 5.41) is 3.40. The van der Waals surface area contributed by atoms with Gasteiger partial charge in [0.15, 0.2) is 0 Å². The summed E-state index contributed by atoms with van der Waals surface area (Å²) in [5.41, 5.74) is 6.65. The van der Waals surface area contributed by atoms with Gasteiger partial charge in [0, 0.05) is 19.1 Å². The fourth-order valence-corrected chi connectivity index (χ4v) is 1.44. The lowest BCUT2D eigenvalue weighted by molar-refractivity contribution is 0.313. The third-order valence-electron chi connectivity index (χ3n) is 2.54. The molecule has 0 unspecified atom stereocenters. The monoisotopic (exact) mass is 206 g/mol. The maximum atomic E-state index is 5.58. The molecule has 0 aliphatic heterocycles. The lowest BCUT2D eigenvalue weighted by atomic mass is 10.2. The van der Waals surface area contributed by atoms with Crippen molar-refractivity contribution in [3.63, 3.8) is 0 Å². The molecule has 0 bridgehead atoms. The highest BCUT2D eigenvalue weighted by Crippen LogP contribution is 2.18. The fourth-order valence-electron chi connectivity index (χ4n) is 1.44. The highest BCUT2D eigenvalue weighted by Gasteiger charge is 2.19. The van der Waals surface area contributed by atoms with Crippen LogP contribution in [-0.4, -0.2) is 19.2 Å². The summed E-state index contributed by atoms with van der Waals surface area (Å²) < 4.78 is 5.58. The maximum Gasteiger partial charge on any atom is 0.119 e. The highest BCUT2D eigenvalue weighted by molar-refractivity contribution is 5.27. The normalized spacial score (nSPS) is 15.3. The predicted octanol–water partition coefficient (Wildman–Crippen LogP) is 1.28. The Labute approximate surface area is 90.6 Å². The van der Waals surface area contributed by atoms with E-state index in [1.807, 2.05) is 24.3 Å². The van der Waals surface area contributed by atoms with E-state index in [1.165, 1.54) is 12.8 Å². The molecule has 3 nitrogen and oxygen atoms in total. The van der Waals surface area contributed by atoms with Crippen molar-refractivity contribution in [3.05, 3.63) is 29.8 Å². The molecule has 0 saturated heterocycles. The first-order valence-corrected chi connectivity index (χ1v) is 5.53. The Morgan fingerprint density at radius 3 is 2.60 bits per heavy atom. The van der Waals surface area contributed by atoms with E-state index in [4.69, 9.17) is 10.5 Å². The van der Waals surface area contributed by atoms with Gasteiger partial charge in [0.1, 0.15) is 12.4 Å². The topological polar surface area (TPSA) is 47.3 Å². The molecule has 3 N–H and O–H groups in total. The van der Waals surface area contributed by atoms with Gasteiger partial charge in [0.25, 0.3) is 0 Å². The van der Waals surface area contributed by atoms with Crippen LogP contribution in [0.4, 0.5) is 0 Å². The minimum absolute atomic E-state index is 0.587. The van der Waals surface area contributed by atoms with Crippen molar-refractivity contribution in [3.8, 4) is 5.75 Å². The smallest absolute Gasteiger partial charge is 0.119 e. The fraction of sp³-hybridized carbons (Fsp3) is 0.500. The number of rotatable bonds is 6. The molecule has 0 heterocycles. The Balaban J connectivity index is 1.67. The van der Waals surface area contributed by atoms with Crippen LogP contribution in [0.15, 0.2) is 24.3 Å². The molecule has 1 aliphatic rings. The van der Waals surface area contributed by atoms with E-state index in [0.717, 1.165) is 30.5 Å². The van der Waals surface area contributed by atoms with Gasteiger partial charge in [-0.3, -0.25) is 0 Å². The molecule has 0 amide bonds. The zero-order valence-electron chi connectivity index (χ0n) is 8.91. The Morgan fingerprint density at radius 1 is 1.27 bits per heavy atom. The molecule has 15 heavy (non-hydrogen) atoms. The van der Waals surface area contributed by atoms with Crippen LogP contribution in [-0.2, 0) is 6.54 Å². The molecule has 0 atom stereocenters. The first kappa shape index (κ1) is 10.5. The predicted molar refractivity (Wildman–Crippen MR) is 60.9 cm³/mol. The second-order valence-corrected chi connectivity index (χ2v) is 3.92. The summed E-state index contributed by atoms with van der Waals surface area (Å²) in [6.07, 6.45) is 2.65. The Bertz CT molecular complexity index is 293. The number of ether oxygens (including phenoxy) is 1. The number of hydrogen-bond acceptors (Lipinski definition) is 3. The molecule has 0 radical (unpaired) electrons. The standard InChI is InChI=1S/C12H18N2O/c13-9-10-1-5-12(6-2-10)15-8-7-14-11-3-4-11/h1-2,5-6,11,14H,3-4,7-9,13H2. The largest absolute Gasteiger partial charge is 0.492 e. The van der Waals surface area contributed by atoms with Gasteiger partial charge in [-0.15, -0.1) is 0 Å². The van der Waals surface area contributed by atoms with Crippen LogP contribution in [0.3, 0.4) is 0 Å². The van der Waals surface area contributed by atoms with E-state index in [1.54, 1.807) is 0 Å². The van der Waals surface area contributed by atoms with Crippen molar-refractivity contribution >= 4 is 0 Å². The average Bonchev–Trinajstić information content (AvgIpc) is 3.09. The average molecular weight is 206 g/mol.